The van der Waals surface area contributed by atoms with Crippen molar-refractivity contribution < 1.29 is 9.59 Å². The maximum absolute atomic E-state index is 12.6. The molecule has 1 aliphatic rings. The zero-order chi connectivity index (χ0) is 21.5. The number of rotatable bonds is 6. The molecule has 1 fully saturated rings. The van der Waals surface area contributed by atoms with Crippen molar-refractivity contribution in [1.82, 2.24) is 24.9 Å². The highest BCUT2D eigenvalue weighted by Gasteiger charge is 2.27. The van der Waals surface area contributed by atoms with Crippen molar-refractivity contribution in [2.75, 3.05) is 45.2 Å². The molecule has 2 amide bonds. The number of benzene rings is 1. The topological polar surface area (TPSA) is 86.1 Å². The lowest BCUT2D eigenvalue weighted by Gasteiger charge is -2.35. The van der Waals surface area contributed by atoms with Crippen LogP contribution in [0.5, 0.6) is 0 Å². The van der Waals surface area contributed by atoms with E-state index in [9.17, 15) is 9.59 Å². The highest BCUT2D eigenvalue weighted by Crippen LogP contribution is 2.16. The number of guanidine groups is 1. The van der Waals surface area contributed by atoms with Gasteiger partial charge in [0.1, 0.15) is 6.54 Å². The third-order valence-corrected chi connectivity index (χ3v) is 5.05. The van der Waals surface area contributed by atoms with Gasteiger partial charge in [0.25, 0.3) is 0 Å². The molecule has 9 nitrogen and oxygen atoms in total. The minimum atomic E-state index is -0.00382. The summed E-state index contributed by atoms with van der Waals surface area (Å²) in [5.41, 5.74) is 1.90. The van der Waals surface area contributed by atoms with Crippen molar-refractivity contribution in [3.05, 3.63) is 48.3 Å². The predicted octanol–water partition coefficient (Wildman–Crippen LogP) is 0.693. The fraction of sp³-hybridized carbons (Fsp3) is 0.429. The second-order valence-electron chi connectivity index (χ2n) is 7.30. The Balaban J connectivity index is 1.45. The summed E-state index contributed by atoms with van der Waals surface area (Å²) < 4.78 is 1.68. The summed E-state index contributed by atoms with van der Waals surface area (Å²) in [6.07, 6.45) is 3.88. The molecule has 160 valence electrons. The van der Waals surface area contributed by atoms with E-state index in [1.165, 1.54) is 0 Å². The summed E-state index contributed by atoms with van der Waals surface area (Å²) in [6, 6.07) is 9.91. The van der Waals surface area contributed by atoms with E-state index in [0.717, 1.165) is 11.3 Å². The average molecular weight is 412 g/mol. The molecule has 3 rings (SSSR count). The van der Waals surface area contributed by atoms with Crippen LogP contribution in [0.4, 0.5) is 5.69 Å². The van der Waals surface area contributed by atoms with E-state index in [4.69, 9.17) is 0 Å². The van der Waals surface area contributed by atoms with E-state index in [2.05, 4.69) is 15.4 Å². The lowest BCUT2D eigenvalue weighted by molar-refractivity contribution is -0.130. The molecule has 0 bridgehead atoms. The van der Waals surface area contributed by atoms with Gasteiger partial charge in [0.15, 0.2) is 5.96 Å². The van der Waals surface area contributed by atoms with Crippen molar-refractivity contribution in [1.29, 1.82) is 0 Å². The van der Waals surface area contributed by atoms with E-state index in [1.807, 2.05) is 48.5 Å². The van der Waals surface area contributed by atoms with Gasteiger partial charge in [0.2, 0.25) is 11.8 Å². The Kier molecular flexibility index (Phi) is 7.05. The van der Waals surface area contributed by atoms with Gasteiger partial charge in [-0.25, -0.2) is 0 Å². The van der Waals surface area contributed by atoms with Gasteiger partial charge in [-0.2, -0.15) is 5.10 Å². The monoisotopic (exact) mass is 411 g/mol. The third-order valence-electron chi connectivity index (χ3n) is 5.05. The molecule has 30 heavy (non-hydrogen) atoms. The van der Waals surface area contributed by atoms with E-state index in [-0.39, 0.29) is 18.4 Å². The number of carbonyl (C=O) groups is 2. The number of hydrogen-bond acceptors (Lipinski definition) is 4. The number of aryl methyl sites for hydroxylation is 1. The molecule has 0 atom stereocenters. The Hall–Kier alpha value is -3.36. The van der Waals surface area contributed by atoms with Gasteiger partial charge >= 0.3 is 0 Å². The molecule has 2 aromatic rings. The Morgan fingerprint density at radius 2 is 2.03 bits per heavy atom. The fourth-order valence-electron chi connectivity index (χ4n) is 3.42. The van der Waals surface area contributed by atoms with Gasteiger partial charge < -0.3 is 20.0 Å². The summed E-state index contributed by atoms with van der Waals surface area (Å²) >= 11 is 0. The first kappa shape index (κ1) is 21.4. The van der Waals surface area contributed by atoms with Crippen LogP contribution < -0.4 is 10.2 Å². The van der Waals surface area contributed by atoms with Crippen LogP contribution in [0.1, 0.15) is 12.0 Å². The minimum Gasteiger partial charge on any atom is -0.356 e. The Morgan fingerprint density at radius 1 is 1.27 bits per heavy atom. The first-order chi connectivity index (χ1) is 14.5. The van der Waals surface area contributed by atoms with Crippen LogP contribution in [0.25, 0.3) is 0 Å². The van der Waals surface area contributed by atoms with Crippen LogP contribution >= 0.6 is 0 Å². The van der Waals surface area contributed by atoms with Gasteiger partial charge in [-0.3, -0.25) is 19.3 Å². The molecular formula is C21H29N7O2. The number of piperazine rings is 1. The largest absolute Gasteiger partial charge is 0.356 e. The Labute approximate surface area is 177 Å². The quantitative estimate of drug-likeness (QED) is 0.558. The molecule has 1 saturated heterocycles. The molecule has 0 spiro atoms. The summed E-state index contributed by atoms with van der Waals surface area (Å²) in [7, 11) is 5.32. The molecule has 0 saturated carbocycles. The molecule has 1 aliphatic heterocycles. The van der Waals surface area contributed by atoms with Gasteiger partial charge in [0, 0.05) is 59.9 Å². The van der Waals surface area contributed by atoms with Crippen LogP contribution in [0.2, 0.25) is 0 Å². The van der Waals surface area contributed by atoms with Crippen molar-refractivity contribution in [2.45, 2.75) is 13.0 Å². The predicted molar refractivity (Wildman–Crippen MR) is 116 cm³/mol. The average Bonchev–Trinajstić information content (AvgIpc) is 3.17. The molecule has 1 aromatic carbocycles. The lowest BCUT2D eigenvalue weighted by atomic mass is 10.2. The number of anilines is 1. The van der Waals surface area contributed by atoms with Crippen molar-refractivity contribution in [2.24, 2.45) is 12.0 Å². The number of aliphatic imine (C=N–C) groups is 1. The second kappa shape index (κ2) is 9.91. The number of aromatic nitrogens is 2. The summed E-state index contributed by atoms with van der Waals surface area (Å²) in [5, 5.41) is 7.34. The molecular weight excluding hydrogens is 382 g/mol. The maximum Gasteiger partial charge on any atom is 0.246 e. The SMILES string of the molecule is CN=C(NCCC(=O)N(C)Cc1ccccc1)N1CCN(c2cnn(C)c2)C(=O)C1. The van der Waals surface area contributed by atoms with Crippen molar-refractivity contribution in [3.63, 3.8) is 0 Å². The van der Waals surface area contributed by atoms with Gasteiger partial charge in [0.05, 0.1) is 11.9 Å². The number of hydrogen-bond donors (Lipinski definition) is 1. The normalized spacial score (nSPS) is 14.8. The van der Waals surface area contributed by atoms with Crippen molar-refractivity contribution in [3.8, 4) is 0 Å². The summed E-state index contributed by atoms with van der Waals surface area (Å²) in [6.45, 7) is 2.49. The third kappa shape index (κ3) is 5.37. The summed E-state index contributed by atoms with van der Waals surface area (Å²) in [4.78, 5) is 34.6. The highest BCUT2D eigenvalue weighted by atomic mass is 16.2. The van der Waals surface area contributed by atoms with E-state index in [0.29, 0.717) is 38.6 Å². The number of nitrogens with one attached hydrogen (secondary N) is 1. The standard InChI is InChI=1S/C21H29N7O2/c1-22-21(23-10-9-19(29)25(2)14-17-7-5-4-6-8-17)27-11-12-28(20(30)16-27)18-13-24-26(3)15-18/h4-8,13,15H,9-12,14,16H2,1-3H3,(H,22,23). The molecule has 0 unspecified atom stereocenters. The number of nitrogens with zero attached hydrogens (tertiary/aromatic N) is 6. The number of carbonyl (C=O) groups excluding carboxylic acids is 2. The first-order valence-corrected chi connectivity index (χ1v) is 10.0. The second-order valence-corrected chi connectivity index (χ2v) is 7.30. The maximum atomic E-state index is 12.6. The minimum absolute atomic E-state index is 0.00382. The molecule has 1 aromatic heterocycles. The molecule has 1 N–H and O–H groups in total. The van der Waals surface area contributed by atoms with E-state index < -0.39 is 0 Å². The summed E-state index contributed by atoms with van der Waals surface area (Å²) in [5.74, 6) is 0.683. The number of amides is 2. The Bertz CT molecular complexity index is 894. The van der Waals surface area contributed by atoms with Crippen LogP contribution in [-0.4, -0.2) is 77.6 Å². The van der Waals surface area contributed by atoms with Crippen molar-refractivity contribution >= 4 is 23.5 Å². The molecule has 9 heteroatoms. The Morgan fingerprint density at radius 3 is 2.67 bits per heavy atom. The zero-order valence-corrected chi connectivity index (χ0v) is 17.8. The van der Waals surface area contributed by atoms with Crippen LogP contribution in [0.3, 0.4) is 0 Å². The zero-order valence-electron chi connectivity index (χ0n) is 17.8. The van der Waals surface area contributed by atoms with Gasteiger partial charge in [-0.1, -0.05) is 30.3 Å². The lowest BCUT2D eigenvalue weighted by Crippen LogP contribution is -2.55. The molecule has 0 aliphatic carbocycles. The fourth-order valence-corrected chi connectivity index (χ4v) is 3.42. The molecule has 2 heterocycles. The van der Waals surface area contributed by atoms with E-state index >= 15 is 0 Å². The van der Waals surface area contributed by atoms with Crippen LogP contribution in [-0.2, 0) is 23.2 Å². The van der Waals surface area contributed by atoms with Crippen LogP contribution in [0, 0.1) is 0 Å². The smallest absolute Gasteiger partial charge is 0.246 e. The molecule has 0 radical (unpaired) electrons. The van der Waals surface area contributed by atoms with Gasteiger partial charge in [-0.15, -0.1) is 0 Å². The highest BCUT2D eigenvalue weighted by molar-refractivity contribution is 5.98. The van der Waals surface area contributed by atoms with Crippen LogP contribution in [0.15, 0.2) is 47.7 Å². The van der Waals surface area contributed by atoms with E-state index in [1.54, 1.807) is 34.8 Å². The first-order valence-electron chi connectivity index (χ1n) is 10.0. The van der Waals surface area contributed by atoms with Gasteiger partial charge in [-0.05, 0) is 5.56 Å².